The van der Waals surface area contributed by atoms with Gasteiger partial charge in [0.2, 0.25) is 0 Å². The average molecular weight is 271 g/mol. The topological polar surface area (TPSA) is 92.1 Å². The molecule has 6 heteroatoms. The lowest BCUT2D eigenvalue weighted by Gasteiger charge is -2.14. The van der Waals surface area contributed by atoms with Crippen LogP contribution < -0.4 is 5.32 Å². The molecule has 0 fully saturated rings. The summed E-state index contributed by atoms with van der Waals surface area (Å²) in [6.45, 7) is 1.97. The molecule has 2 rings (SSSR count). The summed E-state index contributed by atoms with van der Waals surface area (Å²) in [5.41, 5.74) is 0.535. The molecular formula is C14H13N3O3. The van der Waals surface area contributed by atoms with Gasteiger partial charge in [0.25, 0.3) is 5.69 Å². The molecule has 1 atom stereocenters. The number of nitriles is 1. The summed E-state index contributed by atoms with van der Waals surface area (Å²) in [7, 11) is 0. The van der Waals surface area contributed by atoms with Crippen molar-refractivity contribution < 1.29 is 9.34 Å². The first kappa shape index (κ1) is 13.6. The van der Waals surface area contributed by atoms with Gasteiger partial charge in [0.05, 0.1) is 11.2 Å². The van der Waals surface area contributed by atoms with Crippen LogP contribution in [0.5, 0.6) is 0 Å². The first-order valence-corrected chi connectivity index (χ1v) is 6.07. The van der Waals surface area contributed by atoms with E-state index in [-0.39, 0.29) is 17.3 Å². The van der Waals surface area contributed by atoms with Gasteiger partial charge in [0.1, 0.15) is 17.4 Å². The molecule has 20 heavy (non-hydrogen) atoms. The molecular weight excluding hydrogens is 258 g/mol. The molecule has 1 aromatic carbocycles. The number of anilines is 1. The minimum absolute atomic E-state index is 0.0465. The van der Waals surface area contributed by atoms with Crippen LogP contribution >= 0.6 is 0 Å². The molecule has 0 aliphatic carbocycles. The summed E-state index contributed by atoms with van der Waals surface area (Å²) >= 11 is 0. The molecule has 1 N–H and O–H groups in total. The van der Waals surface area contributed by atoms with Crippen molar-refractivity contribution in [2.75, 3.05) is 5.32 Å². The van der Waals surface area contributed by atoms with E-state index < -0.39 is 4.92 Å². The number of rotatable bonds is 5. The molecule has 0 bridgehead atoms. The molecule has 0 spiro atoms. The molecule has 0 amide bonds. The Morgan fingerprint density at radius 3 is 2.90 bits per heavy atom. The van der Waals surface area contributed by atoms with Crippen LogP contribution in [0, 0.1) is 21.4 Å². The second-order valence-electron chi connectivity index (χ2n) is 4.43. The van der Waals surface area contributed by atoms with Gasteiger partial charge in [-0.2, -0.15) is 5.26 Å². The maximum atomic E-state index is 10.7. The molecule has 0 radical (unpaired) electrons. The molecule has 1 heterocycles. The van der Waals surface area contributed by atoms with Crippen molar-refractivity contribution in [1.29, 1.82) is 5.26 Å². The van der Waals surface area contributed by atoms with Crippen molar-refractivity contribution in [2.45, 2.75) is 19.4 Å². The van der Waals surface area contributed by atoms with E-state index in [2.05, 4.69) is 5.32 Å². The number of furan rings is 1. The minimum Gasteiger partial charge on any atom is -0.469 e. The number of nitrogens with zero attached hydrogens (tertiary/aromatic N) is 2. The summed E-state index contributed by atoms with van der Waals surface area (Å²) in [5, 5.41) is 22.9. The van der Waals surface area contributed by atoms with Gasteiger partial charge < -0.3 is 9.73 Å². The second kappa shape index (κ2) is 5.89. The zero-order valence-electron chi connectivity index (χ0n) is 10.9. The van der Waals surface area contributed by atoms with Crippen LogP contribution in [0.3, 0.4) is 0 Å². The molecule has 1 unspecified atom stereocenters. The fraction of sp³-hybridized carbons (Fsp3) is 0.214. The number of nitro benzene ring substituents is 1. The summed E-state index contributed by atoms with van der Waals surface area (Å²) in [4.78, 5) is 10.2. The van der Waals surface area contributed by atoms with Gasteiger partial charge in [-0.3, -0.25) is 10.1 Å². The number of nitrogens with one attached hydrogen (secondary N) is 1. The highest BCUT2D eigenvalue weighted by atomic mass is 16.6. The molecule has 102 valence electrons. The van der Waals surface area contributed by atoms with Crippen LogP contribution in [0.15, 0.2) is 41.0 Å². The normalized spacial score (nSPS) is 11.6. The van der Waals surface area contributed by atoms with Crippen molar-refractivity contribution in [1.82, 2.24) is 0 Å². The van der Waals surface area contributed by atoms with Crippen LogP contribution in [0.25, 0.3) is 0 Å². The number of nitro groups is 1. The van der Waals surface area contributed by atoms with Gasteiger partial charge in [0.15, 0.2) is 0 Å². The lowest BCUT2D eigenvalue weighted by molar-refractivity contribution is -0.385. The van der Waals surface area contributed by atoms with Crippen LogP contribution in [0.2, 0.25) is 0 Å². The Kier molecular flexibility index (Phi) is 4.01. The smallest absolute Gasteiger partial charge is 0.287 e. The van der Waals surface area contributed by atoms with E-state index in [1.165, 1.54) is 12.1 Å². The van der Waals surface area contributed by atoms with Crippen LogP contribution in [-0.2, 0) is 6.42 Å². The number of hydrogen-bond acceptors (Lipinski definition) is 5. The van der Waals surface area contributed by atoms with Crippen LogP contribution in [-0.4, -0.2) is 11.0 Å². The summed E-state index contributed by atoms with van der Waals surface area (Å²) < 4.78 is 5.26. The average Bonchev–Trinajstić information content (AvgIpc) is 2.90. The highest BCUT2D eigenvalue weighted by molar-refractivity contribution is 5.58. The minimum atomic E-state index is -0.561. The van der Waals surface area contributed by atoms with E-state index in [0.29, 0.717) is 12.1 Å². The third kappa shape index (κ3) is 3.14. The van der Waals surface area contributed by atoms with Crippen molar-refractivity contribution in [3.05, 3.63) is 58.0 Å². The SMILES string of the molecule is CC(Cc1ccco1)Nc1ccc([N+](=O)[O-])c(C#N)c1. The Balaban J connectivity index is 2.10. The largest absolute Gasteiger partial charge is 0.469 e. The van der Waals surface area contributed by atoms with Gasteiger partial charge >= 0.3 is 0 Å². The quantitative estimate of drug-likeness (QED) is 0.666. The van der Waals surface area contributed by atoms with Crippen molar-refractivity contribution >= 4 is 11.4 Å². The molecule has 6 nitrogen and oxygen atoms in total. The predicted molar refractivity (Wildman–Crippen MR) is 73.3 cm³/mol. The van der Waals surface area contributed by atoms with Gasteiger partial charge in [-0.1, -0.05) is 0 Å². The highest BCUT2D eigenvalue weighted by Gasteiger charge is 2.14. The van der Waals surface area contributed by atoms with E-state index in [0.717, 1.165) is 5.76 Å². The zero-order chi connectivity index (χ0) is 14.5. The van der Waals surface area contributed by atoms with E-state index >= 15 is 0 Å². The van der Waals surface area contributed by atoms with E-state index in [1.807, 2.05) is 25.1 Å². The maximum absolute atomic E-state index is 10.7. The Hall–Kier alpha value is -2.81. The molecule has 0 saturated heterocycles. The van der Waals surface area contributed by atoms with Gasteiger partial charge in [-0.15, -0.1) is 0 Å². The third-order valence-electron chi connectivity index (χ3n) is 2.81. The number of hydrogen-bond donors (Lipinski definition) is 1. The lowest BCUT2D eigenvalue weighted by atomic mass is 10.1. The standard InChI is InChI=1S/C14H13N3O3/c1-10(7-13-3-2-6-20-13)16-12-4-5-14(17(18)19)11(8-12)9-15/h2-6,8,10,16H,7H2,1H3. The Morgan fingerprint density at radius 1 is 1.50 bits per heavy atom. The first-order valence-electron chi connectivity index (χ1n) is 6.07. The van der Waals surface area contributed by atoms with Gasteiger partial charge in [-0.05, 0) is 31.2 Å². The van der Waals surface area contributed by atoms with Gasteiger partial charge in [-0.25, -0.2) is 0 Å². The summed E-state index contributed by atoms with van der Waals surface area (Å²) in [6.07, 6.45) is 2.30. The predicted octanol–water partition coefficient (Wildman–Crippen LogP) is 3.10. The van der Waals surface area contributed by atoms with Crippen LogP contribution in [0.1, 0.15) is 18.2 Å². The second-order valence-corrected chi connectivity index (χ2v) is 4.43. The fourth-order valence-corrected chi connectivity index (χ4v) is 1.94. The van der Waals surface area contributed by atoms with Crippen molar-refractivity contribution in [2.24, 2.45) is 0 Å². The van der Waals surface area contributed by atoms with Gasteiger partial charge in [0, 0.05) is 24.2 Å². The molecule has 0 aliphatic heterocycles. The van der Waals surface area contributed by atoms with E-state index in [9.17, 15) is 10.1 Å². The lowest BCUT2D eigenvalue weighted by Crippen LogP contribution is -2.17. The fourth-order valence-electron chi connectivity index (χ4n) is 1.94. The Labute approximate surface area is 115 Å². The Bertz CT molecular complexity index is 644. The Morgan fingerprint density at radius 2 is 2.30 bits per heavy atom. The summed E-state index contributed by atoms with van der Waals surface area (Å²) in [6, 6.07) is 10.0. The third-order valence-corrected chi connectivity index (χ3v) is 2.81. The molecule has 0 saturated carbocycles. The first-order chi connectivity index (χ1) is 9.60. The van der Waals surface area contributed by atoms with Crippen molar-refractivity contribution in [3.63, 3.8) is 0 Å². The van der Waals surface area contributed by atoms with E-state index in [1.54, 1.807) is 12.3 Å². The van der Waals surface area contributed by atoms with Crippen molar-refractivity contribution in [3.8, 4) is 6.07 Å². The van der Waals surface area contributed by atoms with Crippen LogP contribution in [0.4, 0.5) is 11.4 Å². The maximum Gasteiger partial charge on any atom is 0.287 e. The molecule has 1 aromatic heterocycles. The molecule has 0 aliphatic rings. The monoisotopic (exact) mass is 271 g/mol. The van der Waals surface area contributed by atoms with E-state index in [4.69, 9.17) is 9.68 Å². The number of benzene rings is 1. The molecule has 2 aromatic rings. The summed E-state index contributed by atoms with van der Waals surface area (Å²) in [5.74, 6) is 0.854. The zero-order valence-corrected chi connectivity index (χ0v) is 10.9. The highest BCUT2D eigenvalue weighted by Crippen LogP contribution is 2.22.